The minimum atomic E-state index is 0.219. The molecule has 0 fully saturated rings. The Balaban J connectivity index is 2.27. The van der Waals surface area contributed by atoms with Gasteiger partial charge in [0.05, 0.1) is 6.04 Å². The minimum Gasteiger partial charge on any atom is -0.368 e. The Hall–Kier alpha value is -1.69. The number of anilines is 2. The van der Waals surface area contributed by atoms with Gasteiger partial charge in [-0.05, 0) is 25.3 Å². The van der Waals surface area contributed by atoms with Crippen LogP contribution in [0.4, 0.5) is 11.9 Å². The lowest BCUT2D eigenvalue weighted by Crippen LogP contribution is -2.24. The van der Waals surface area contributed by atoms with Crippen LogP contribution in [0.25, 0.3) is 0 Å². The number of aryl methyl sites for hydroxylation is 1. The van der Waals surface area contributed by atoms with Gasteiger partial charge in [-0.1, -0.05) is 6.07 Å². The molecule has 0 amide bonds. The number of hydrogen-bond donors (Lipinski definition) is 1. The maximum atomic E-state index is 5.63. The first-order valence-corrected chi connectivity index (χ1v) is 6.20. The molecule has 0 bridgehead atoms. The van der Waals surface area contributed by atoms with Crippen LogP contribution in [0.1, 0.15) is 23.7 Å². The number of rotatable bonds is 3. The summed E-state index contributed by atoms with van der Waals surface area (Å²) in [6, 6.07) is 4.36. The summed E-state index contributed by atoms with van der Waals surface area (Å²) >= 11 is 1.72. The molecule has 0 aromatic carbocycles. The minimum absolute atomic E-state index is 0.219. The van der Waals surface area contributed by atoms with Crippen LogP contribution in [0.5, 0.6) is 0 Å². The number of nitrogens with zero attached hydrogens (tertiary/aromatic N) is 4. The van der Waals surface area contributed by atoms with Crippen molar-refractivity contribution in [1.29, 1.82) is 0 Å². The molecule has 0 aliphatic heterocycles. The van der Waals surface area contributed by atoms with Crippen LogP contribution in [-0.2, 0) is 0 Å². The van der Waals surface area contributed by atoms with E-state index in [1.54, 1.807) is 11.3 Å². The van der Waals surface area contributed by atoms with Crippen LogP contribution in [0.2, 0.25) is 0 Å². The first-order chi connectivity index (χ1) is 8.08. The predicted molar refractivity (Wildman–Crippen MR) is 70.1 cm³/mol. The molecule has 0 aliphatic rings. The van der Waals surface area contributed by atoms with Gasteiger partial charge in [-0.15, -0.1) is 11.3 Å². The van der Waals surface area contributed by atoms with Crippen LogP contribution in [0.3, 0.4) is 0 Å². The average Bonchev–Trinajstić information content (AvgIpc) is 2.79. The van der Waals surface area contributed by atoms with Crippen molar-refractivity contribution in [2.24, 2.45) is 0 Å². The number of nitrogen functional groups attached to an aromatic ring is 1. The van der Waals surface area contributed by atoms with Gasteiger partial charge in [0.1, 0.15) is 5.82 Å². The fraction of sp³-hybridized carbons (Fsp3) is 0.364. The zero-order chi connectivity index (χ0) is 12.4. The van der Waals surface area contributed by atoms with Crippen LogP contribution >= 0.6 is 11.3 Å². The Kier molecular flexibility index (Phi) is 3.23. The van der Waals surface area contributed by atoms with Gasteiger partial charge in [-0.25, -0.2) is 0 Å². The Labute approximate surface area is 104 Å². The molecule has 2 N–H and O–H groups in total. The normalized spacial score (nSPS) is 12.4. The summed E-state index contributed by atoms with van der Waals surface area (Å²) in [5, 5.41) is 2.06. The third-order valence-electron chi connectivity index (χ3n) is 2.60. The SMILES string of the molecule is Cc1nc(N)nc(N(C)C(C)c2cccs2)n1. The van der Waals surface area contributed by atoms with Gasteiger partial charge in [0, 0.05) is 11.9 Å². The summed E-state index contributed by atoms with van der Waals surface area (Å²) in [5.74, 6) is 1.51. The summed E-state index contributed by atoms with van der Waals surface area (Å²) in [6.07, 6.45) is 0. The van der Waals surface area contributed by atoms with Gasteiger partial charge in [0.2, 0.25) is 11.9 Å². The molecular formula is C11H15N5S. The van der Waals surface area contributed by atoms with Crippen molar-refractivity contribution in [1.82, 2.24) is 15.0 Å². The highest BCUT2D eigenvalue weighted by atomic mass is 32.1. The van der Waals surface area contributed by atoms with E-state index in [4.69, 9.17) is 5.73 Å². The number of thiophene rings is 1. The Bertz CT molecular complexity index is 476. The fourth-order valence-corrected chi connectivity index (χ4v) is 2.37. The van der Waals surface area contributed by atoms with E-state index in [0.717, 1.165) is 0 Å². The molecule has 0 radical (unpaired) electrons. The van der Waals surface area contributed by atoms with Crippen molar-refractivity contribution in [2.75, 3.05) is 17.7 Å². The lowest BCUT2D eigenvalue weighted by atomic mass is 10.2. The number of hydrogen-bond acceptors (Lipinski definition) is 6. The molecule has 2 aromatic heterocycles. The van der Waals surface area contributed by atoms with E-state index in [2.05, 4.69) is 33.3 Å². The molecule has 2 aromatic rings. The molecule has 2 heterocycles. The highest BCUT2D eigenvalue weighted by molar-refractivity contribution is 7.10. The summed E-state index contributed by atoms with van der Waals surface area (Å²) < 4.78 is 0. The summed E-state index contributed by atoms with van der Waals surface area (Å²) in [4.78, 5) is 15.7. The van der Waals surface area contributed by atoms with Gasteiger partial charge in [-0.3, -0.25) is 0 Å². The third kappa shape index (κ3) is 2.52. The highest BCUT2D eigenvalue weighted by Crippen LogP contribution is 2.26. The Morgan fingerprint density at radius 3 is 2.71 bits per heavy atom. The molecule has 2 rings (SSSR count). The van der Waals surface area contributed by atoms with Crippen molar-refractivity contribution in [3.05, 3.63) is 28.2 Å². The fourth-order valence-electron chi connectivity index (χ4n) is 1.54. The Morgan fingerprint density at radius 1 is 1.35 bits per heavy atom. The van der Waals surface area contributed by atoms with Crippen molar-refractivity contribution >= 4 is 23.2 Å². The van der Waals surface area contributed by atoms with Gasteiger partial charge in [0.15, 0.2) is 0 Å². The summed E-state index contributed by atoms with van der Waals surface area (Å²) in [7, 11) is 1.96. The zero-order valence-corrected chi connectivity index (χ0v) is 10.9. The van der Waals surface area contributed by atoms with Crippen molar-refractivity contribution in [3.63, 3.8) is 0 Å². The lowest BCUT2D eigenvalue weighted by molar-refractivity contribution is 0.721. The molecule has 17 heavy (non-hydrogen) atoms. The van der Waals surface area contributed by atoms with Crippen LogP contribution in [0, 0.1) is 6.92 Å². The highest BCUT2D eigenvalue weighted by Gasteiger charge is 2.16. The molecule has 1 atom stereocenters. The quantitative estimate of drug-likeness (QED) is 0.901. The largest absolute Gasteiger partial charge is 0.368 e. The molecular weight excluding hydrogens is 234 g/mol. The monoisotopic (exact) mass is 249 g/mol. The molecule has 0 spiro atoms. The smallest absolute Gasteiger partial charge is 0.230 e. The van der Waals surface area contributed by atoms with E-state index in [-0.39, 0.29) is 12.0 Å². The molecule has 0 saturated heterocycles. The van der Waals surface area contributed by atoms with Gasteiger partial charge < -0.3 is 10.6 Å². The van der Waals surface area contributed by atoms with Gasteiger partial charge in [0.25, 0.3) is 0 Å². The van der Waals surface area contributed by atoms with E-state index in [0.29, 0.717) is 11.8 Å². The Morgan fingerprint density at radius 2 is 2.12 bits per heavy atom. The molecule has 6 heteroatoms. The molecule has 0 aliphatic carbocycles. The van der Waals surface area contributed by atoms with E-state index in [1.807, 2.05) is 24.9 Å². The lowest BCUT2D eigenvalue weighted by Gasteiger charge is -2.24. The van der Waals surface area contributed by atoms with Crippen LogP contribution in [0.15, 0.2) is 17.5 Å². The van der Waals surface area contributed by atoms with E-state index < -0.39 is 0 Å². The second-order valence-electron chi connectivity index (χ2n) is 3.84. The van der Waals surface area contributed by atoms with Crippen molar-refractivity contribution < 1.29 is 0 Å². The zero-order valence-electron chi connectivity index (χ0n) is 10.1. The summed E-state index contributed by atoms with van der Waals surface area (Å²) in [5.41, 5.74) is 5.63. The van der Waals surface area contributed by atoms with Crippen molar-refractivity contribution in [2.45, 2.75) is 19.9 Å². The molecule has 1 unspecified atom stereocenters. The van der Waals surface area contributed by atoms with E-state index in [9.17, 15) is 0 Å². The third-order valence-corrected chi connectivity index (χ3v) is 3.65. The summed E-state index contributed by atoms with van der Waals surface area (Å²) in [6.45, 7) is 3.92. The second-order valence-corrected chi connectivity index (χ2v) is 4.82. The first kappa shape index (κ1) is 11.8. The molecule has 0 saturated carbocycles. The molecule has 5 nitrogen and oxygen atoms in total. The van der Waals surface area contributed by atoms with Gasteiger partial charge in [-0.2, -0.15) is 15.0 Å². The number of aromatic nitrogens is 3. The van der Waals surface area contributed by atoms with Crippen LogP contribution < -0.4 is 10.6 Å². The van der Waals surface area contributed by atoms with Gasteiger partial charge >= 0.3 is 0 Å². The van der Waals surface area contributed by atoms with E-state index in [1.165, 1.54) is 4.88 Å². The number of nitrogens with two attached hydrogens (primary N) is 1. The standard InChI is InChI=1S/C11H15N5S/c1-7(9-5-4-6-17-9)16(3)11-14-8(2)13-10(12)15-11/h4-7H,1-3H3,(H2,12,13,14,15). The van der Waals surface area contributed by atoms with E-state index >= 15 is 0 Å². The molecule has 90 valence electrons. The van der Waals surface area contributed by atoms with Crippen molar-refractivity contribution in [3.8, 4) is 0 Å². The second kappa shape index (κ2) is 4.67. The average molecular weight is 249 g/mol. The predicted octanol–water partition coefficient (Wildman–Crippen LogP) is 2.02. The topological polar surface area (TPSA) is 67.9 Å². The maximum Gasteiger partial charge on any atom is 0.230 e. The van der Waals surface area contributed by atoms with Crippen LogP contribution in [-0.4, -0.2) is 22.0 Å². The first-order valence-electron chi connectivity index (χ1n) is 5.32. The maximum absolute atomic E-state index is 5.63.